The van der Waals surface area contributed by atoms with Crippen LogP contribution in [0.25, 0.3) is 0 Å². The van der Waals surface area contributed by atoms with Crippen molar-refractivity contribution < 1.29 is 0 Å². The van der Waals surface area contributed by atoms with E-state index in [0.717, 1.165) is 58.2 Å². The number of hydrogen-bond donors (Lipinski definition) is 3. The molecule has 2 aliphatic rings. The lowest BCUT2D eigenvalue weighted by Gasteiger charge is -2.44. The molecular weight excluding hydrogens is 400 g/mol. The summed E-state index contributed by atoms with van der Waals surface area (Å²) in [5, 5.41) is 11.5. The molecule has 3 N–H and O–H groups in total. The highest BCUT2D eigenvalue weighted by Gasteiger charge is 2.41. The fraction of sp³-hybridized carbons (Fsp3) is 0.316. The molecule has 1 fully saturated rings. The van der Waals surface area contributed by atoms with Crippen molar-refractivity contribution in [1.82, 2.24) is 5.32 Å². The molecule has 0 aliphatic carbocycles. The molecule has 0 aromatic heterocycles. The molecule has 0 atom stereocenters. The largest absolute Gasteiger partial charge is 0.371 e. The summed E-state index contributed by atoms with van der Waals surface area (Å²) < 4.78 is 1.04. The number of benzene rings is 2. The zero-order valence-electron chi connectivity index (χ0n) is 13.8. The standard InChI is InChI=1S/C19H20BrClN4/c20-15-5-2-6-16-17(15)24-18(19(25-16)7-9-22-10-8-19)23-12-13-3-1-4-14(21)11-13/h1-6,11,22,25H,7-10,12H2,(H,23,24). The molecule has 0 radical (unpaired) electrons. The van der Waals surface area contributed by atoms with E-state index in [2.05, 4.69) is 50.1 Å². The summed E-state index contributed by atoms with van der Waals surface area (Å²) in [4.78, 5) is 4.95. The molecule has 0 bridgehead atoms. The number of aliphatic imine (C=N–C) groups is 1. The summed E-state index contributed by atoms with van der Waals surface area (Å²) >= 11 is 9.75. The van der Waals surface area contributed by atoms with Gasteiger partial charge in [0, 0.05) is 9.50 Å². The van der Waals surface area contributed by atoms with Gasteiger partial charge in [-0.25, -0.2) is 0 Å². The van der Waals surface area contributed by atoms with E-state index in [9.17, 15) is 0 Å². The van der Waals surface area contributed by atoms with Gasteiger partial charge in [-0.1, -0.05) is 29.8 Å². The van der Waals surface area contributed by atoms with Crippen LogP contribution in [0.2, 0.25) is 5.02 Å². The highest BCUT2D eigenvalue weighted by Crippen LogP contribution is 2.39. The number of halogens is 2. The fourth-order valence-electron chi connectivity index (χ4n) is 3.52. The summed E-state index contributed by atoms with van der Waals surface area (Å²) in [6, 6.07) is 14.1. The minimum Gasteiger partial charge on any atom is -0.371 e. The van der Waals surface area contributed by atoms with Gasteiger partial charge in [-0.2, -0.15) is 0 Å². The molecule has 1 spiro atoms. The molecule has 25 heavy (non-hydrogen) atoms. The zero-order chi connectivity index (χ0) is 17.3. The minimum absolute atomic E-state index is 0.141. The number of anilines is 2. The Kier molecular flexibility index (Phi) is 4.71. The summed E-state index contributed by atoms with van der Waals surface area (Å²) in [6.07, 6.45) is 2.00. The Morgan fingerprint density at radius 1 is 1.12 bits per heavy atom. The summed E-state index contributed by atoms with van der Waals surface area (Å²) in [7, 11) is 0. The number of amidine groups is 1. The van der Waals surface area contributed by atoms with Crippen LogP contribution in [0.5, 0.6) is 0 Å². The van der Waals surface area contributed by atoms with E-state index in [0.29, 0.717) is 6.54 Å². The first-order chi connectivity index (χ1) is 12.2. The van der Waals surface area contributed by atoms with Crippen molar-refractivity contribution in [1.29, 1.82) is 0 Å². The SMILES string of the molecule is Clc1cccc(CN=C2Nc3c(Br)cccc3NC23CCNCC3)c1. The topological polar surface area (TPSA) is 48.5 Å². The Balaban J connectivity index is 1.69. The third-order valence-electron chi connectivity index (χ3n) is 4.85. The summed E-state index contributed by atoms with van der Waals surface area (Å²) in [5.74, 6) is 1.01. The average molecular weight is 420 g/mol. The number of nitrogens with zero attached hydrogens (tertiary/aromatic N) is 1. The van der Waals surface area contributed by atoms with Gasteiger partial charge in [-0.15, -0.1) is 0 Å². The van der Waals surface area contributed by atoms with Crippen molar-refractivity contribution in [2.24, 2.45) is 4.99 Å². The van der Waals surface area contributed by atoms with Gasteiger partial charge in [-0.05, 0) is 71.7 Å². The van der Waals surface area contributed by atoms with E-state index in [1.165, 1.54) is 0 Å². The van der Waals surface area contributed by atoms with Crippen molar-refractivity contribution in [2.45, 2.75) is 24.9 Å². The zero-order valence-corrected chi connectivity index (χ0v) is 16.1. The highest BCUT2D eigenvalue weighted by atomic mass is 79.9. The molecule has 2 heterocycles. The summed E-state index contributed by atoms with van der Waals surface area (Å²) in [5.41, 5.74) is 3.15. The predicted molar refractivity (Wildman–Crippen MR) is 109 cm³/mol. The number of para-hydroxylation sites is 1. The maximum atomic E-state index is 6.11. The second kappa shape index (κ2) is 6.98. The van der Waals surface area contributed by atoms with E-state index in [-0.39, 0.29) is 5.54 Å². The van der Waals surface area contributed by atoms with Crippen LogP contribution < -0.4 is 16.0 Å². The van der Waals surface area contributed by atoms with Crippen molar-refractivity contribution >= 4 is 44.7 Å². The van der Waals surface area contributed by atoms with Gasteiger partial charge >= 0.3 is 0 Å². The van der Waals surface area contributed by atoms with Crippen LogP contribution in [-0.2, 0) is 6.54 Å². The van der Waals surface area contributed by atoms with Gasteiger partial charge in [-0.3, -0.25) is 4.99 Å². The van der Waals surface area contributed by atoms with Crippen molar-refractivity contribution in [3.63, 3.8) is 0 Å². The van der Waals surface area contributed by atoms with Crippen molar-refractivity contribution in [3.8, 4) is 0 Å². The fourth-order valence-corrected chi connectivity index (χ4v) is 4.20. The second-order valence-electron chi connectivity index (χ2n) is 6.54. The molecular formula is C19H20BrClN4. The third-order valence-corrected chi connectivity index (χ3v) is 5.75. The Labute approximate surface area is 161 Å². The second-order valence-corrected chi connectivity index (χ2v) is 7.83. The number of fused-ring (bicyclic) bond motifs is 1. The lowest BCUT2D eigenvalue weighted by molar-refractivity contribution is 0.419. The van der Waals surface area contributed by atoms with Crippen LogP contribution in [0.15, 0.2) is 51.9 Å². The van der Waals surface area contributed by atoms with Crippen molar-refractivity contribution in [2.75, 3.05) is 23.7 Å². The molecule has 130 valence electrons. The molecule has 6 heteroatoms. The van der Waals surface area contributed by atoms with E-state index in [1.54, 1.807) is 0 Å². The monoisotopic (exact) mass is 418 g/mol. The molecule has 0 saturated carbocycles. The summed E-state index contributed by atoms with van der Waals surface area (Å²) in [6.45, 7) is 2.57. The van der Waals surface area contributed by atoms with Crippen LogP contribution in [0.3, 0.4) is 0 Å². The van der Waals surface area contributed by atoms with Gasteiger partial charge in [0.2, 0.25) is 0 Å². The number of rotatable bonds is 2. The first-order valence-corrected chi connectivity index (χ1v) is 9.67. The van der Waals surface area contributed by atoms with E-state index in [1.807, 2.05) is 24.3 Å². The van der Waals surface area contributed by atoms with E-state index in [4.69, 9.17) is 16.6 Å². The van der Waals surface area contributed by atoms with Gasteiger partial charge in [0.1, 0.15) is 5.84 Å². The van der Waals surface area contributed by atoms with E-state index >= 15 is 0 Å². The lowest BCUT2D eigenvalue weighted by Crippen LogP contribution is -2.57. The van der Waals surface area contributed by atoms with Crippen LogP contribution in [-0.4, -0.2) is 24.5 Å². The molecule has 2 aromatic rings. The Morgan fingerprint density at radius 3 is 2.72 bits per heavy atom. The Morgan fingerprint density at radius 2 is 1.92 bits per heavy atom. The smallest absolute Gasteiger partial charge is 0.127 e. The molecule has 2 aliphatic heterocycles. The maximum absolute atomic E-state index is 6.11. The molecule has 0 amide bonds. The van der Waals surface area contributed by atoms with Gasteiger partial charge in [0.15, 0.2) is 0 Å². The minimum atomic E-state index is -0.141. The van der Waals surface area contributed by atoms with Gasteiger partial charge < -0.3 is 16.0 Å². The number of nitrogens with one attached hydrogen (secondary N) is 3. The molecule has 0 unspecified atom stereocenters. The van der Waals surface area contributed by atoms with Crippen LogP contribution in [0.4, 0.5) is 11.4 Å². The first-order valence-electron chi connectivity index (χ1n) is 8.50. The quantitative estimate of drug-likeness (QED) is 0.663. The first kappa shape index (κ1) is 16.9. The van der Waals surface area contributed by atoms with Gasteiger partial charge in [0.25, 0.3) is 0 Å². The highest BCUT2D eigenvalue weighted by molar-refractivity contribution is 9.10. The number of hydrogen-bond acceptors (Lipinski definition) is 3. The molecule has 4 nitrogen and oxygen atoms in total. The average Bonchev–Trinajstić information content (AvgIpc) is 2.61. The normalized spacial score (nSPS) is 20.0. The Hall–Kier alpha value is -1.56. The predicted octanol–water partition coefficient (Wildman–Crippen LogP) is 4.66. The van der Waals surface area contributed by atoms with Crippen molar-refractivity contribution in [3.05, 3.63) is 57.5 Å². The maximum Gasteiger partial charge on any atom is 0.127 e. The lowest BCUT2D eigenvalue weighted by atomic mass is 9.84. The molecule has 1 saturated heterocycles. The van der Waals surface area contributed by atoms with Crippen LogP contribution in [0, 0.1) is 0 Å². The van der Waals surface area contributed by atoms with Crippen LogP contribution >= 0.6 is 27.5 Å². The van der Waals surface area contributed by atoms with Gasteiger partial charge in [0.05, 0.1) is 23.5 Å². The Bertz CT molecular complexity index is 815. The number of piperidine rings is 1. The van der Waals surface area contributed by atoms with Crippen LogP contribution in [0.1, 0.15) is 18.4 Å². The third kappa shape index (κ3) is 3.41. The molecule has 4 rings (SSSR count). The van der Waals surface area contributed by atoms with E-state index < -0.39 is 0 Å². The molecule has 2 aromatic carbocycles.